The van der Waals surface area contributed by atoms with Crippen LogP contribution in [0.2, 0.25) is 0 Å². The van der Waals surface area contributed by atoms with Crippen LogP contribution in [0.5, 0.6) is 0 Å². The second-order valence-corrected chi connectivity index (χ2v) is 7.04. The van der Waals surface area contributed by atoms with Crippen LogP contribution in [0.1, 0.15) is 22.4 Å². The van der Waals surface area contributed by atoms with Crippen LogP contribution in [0.3, 0.4) is 0 Å². The number of halogens is 1. The number of hydrogen-bond donors (Lipinski definition) is 1. The highest BCUT2D eigenvalue weighted by atomic mass is 19.1. The lowest BCUT2D eigenvalue weighted by molar-refractivity contribution is 0.594. The lowest BCUT2D eigenvalue weighted by Gasteiger charge is -2.34. The van der Waals surface area contributed by atoms with E-state index in [1.807, 2.05) is 42.5 Å². The van der Waals surface area contributed by atoms with E-state index in [-0.39, 0.29) is 5.82 Å². The van der Waals surface area contributed by atoms with E-state index in [1.165, 1.54) is 6.07 Å². The number of H-pyrrole nitrogens is 1. The van der Waals surface area contributed by atoms with E-state index in [0.717, 1.165) is 33.8 Å². The second kappa shape index (κ2) is 6.57. The molecule has 0 saturated carbocycles. The van der Waals surface area contributed by atoms with Gasteiger partial charge in [0.05, 0.1) is 5.69 Å². The number of aromatic nitrogens is 3. The molecule has 0 aliphatic heterocycles. The minimum absolute atomic E-state index is 0.231. The summed E-state index contributed by atoms with van der Waals surface area (Å²) in [6, 6.07) is 22.9. The Morgan fingerprint density at radius 1 is 0.893 bits per heavy atom. The summed E-state index contributed by atoms with van der Waals surface area (Å²) in [6.45, 7) is 0. The van der Waals surface area contributed by atoms with Gasteiger partial charge in [-0.3, -0.25) is 10.1 Å². The molecule has 0 radical (unpaired) electrons. The van der Waals surface area contributed by atoms with Crippen LogP contribution < -0.4 is 0 Å². The Labute approximate surface area is 162 Å². The van der Waals surface area contributed by atoms with Crippen molar-refractivity contribution < 1.29 is 4.39 Å². The second-order valence-electron chi connectivity index (χ2n) is 7.04. The summed E-state index contributed by atoms with van der Waals surface area (Å²) < 4.78 is 14.1. The maximum absolute atomic E-state index is 14.1. The van der Waals surface area contributed by atoms with Crippen LogP contribution in [0.15, 0.2) is 85.1 Å². The monoisotopic (exact) mass is 367 g/mol. The van der Waals surface area contributed by atoms with E-state index >= 15 is 0 Å². The lowest BCUT2D eigenvalue weighted by atomic mass is 9.68. The summed E-state index contributed by atoms with van der Waals surface area (Å²) in [6.07, 6.45) is 6.70. The third-order valence-electron chi connectivity index (χ3n) is 5.41. The molecule has 136 valence electrons. The molecule has 4 heteroatoms. The number of pyridine rings is 1. The van der Waals surface area contributed by atoms with Crippen molar-refractivity contribution in [2.24, 2.45) is 0 Å². The zero-order valence-corrected chi connectivity index (χ0v) is 15.1. The number of nitrogens with zero attached hydrogens (tertiary/aromatic N) is 2. The van der Waals surface area contributed by atoms with Gasteiger partial charge in [0.1, 0.15) is 11.5 Å². The first-order chi connectivity index (χ1) is 13.8. The topological polar surface area (TPSA) is 41.6 Å². The number of fused-ring (bicyclic) bond motifs is 1. The largest absolute Gasteiger partial charge is 0.281 e. The molecule has 2 heterocycles. The third-order valence-corrected chi connectivity index (χ3v) is 5.41. The Morgan fingerprint density at radius 2 is 1.71 bits per heavy atom. The fourth-order valence-electron chi connectivity index (χ4n) is 4.03. The van der Waals surface area contributed by atoms with Gasteiger partial charge in [-0.25, -0.2) is 4.39 Å². The molecule has 3 nitrogen and oxygen atoms in total. The van der Waals surface area contributed by atoms with Crippen molar-refractivity contribution in [2.45, 2.75) is 11.8 Å². The highest BCUT2D eigenvalue weighted by molar-refractivity contribution is 5.74. The van der Waals surface area contributed by atoms with E-state index in [9.17, 15) is 4.39 Å². The number of hydrogen-bond acceptors (Lipinski definition) is 2. The van der Waals surface area contributed by atoms with Gasteiger partial charge >= 0.3 is 0 Å². The number of aromatic amines is 1. The van der Waals surface area contributed by atoms with Crippen LogP contribution in [-0.2, 0) is 11.8 Å². The number of benzene rings is 2. The van der Waals surface area contributed by atoms with E-state index in [2.05, 4.69) is 39.5 Å². The van der Waals surface area contributed by atoms with Crippen LogP contribution in [0.25, 0.3) is 17.5 Å². The maximum Gasteiger partial charge on any atom is 0.123 e. The third kappa shape index (κ3) is 2.65. The van der Waals surface area contributed by atoms with Gasteiger partial charge in [-0.1, -0.05) is 60.7 Å². The molecule has 1 aliphatic rings. The summed E-state index contributed by atoms with van der Waals surface area (Å²) >= 11 is 0. The van der Waals surface area contributed by atoms with E-state index in [0.29, 0.717) is 6.42 Å². The molecule has 28 heavy (non-hydrogen) atoms. The minimum Gasteiger partial charge on any atom is -0.281 e. The number of rotatable bonds is 3. The molecule has 1 N–H and O–H groups in total. The van der Waals surface area contributed by atoms with Crippen molar-refractivity contribution in [1.82, 2.24) is 15.2 Å². The Balaban J connectivity index is 1.67. The fraction of sp³-hybridized carbons (Fsp3) is 0.0833. The van der Waals surface area contributed by atoms with Crippen molar-refractivity contribution in [1.29, 1.82) is 0 Å². The molecule has 2 aromatic carbocycles. The first kappa shape index (κ1) is 16.6. The molecule has 1 aliphatic carbocycles. The summed E-state index contributed by atoms with van der Waals surface area (Å²) in [4.78, 5) is 4.43. The molecule has 0 amide bonds. The fourth-order valence-corrected chi connectivity index (χ4v) is 4.03. The van der Waals surface area contributed by atoms with Gasteiger partial charge in [0.25, 0.3) is 0 Å². The van der Waals surface area contributed by atoms with Crippen molar-refractivity contribution in [3.63, 3.8) is 0 Å². The maximum atomic E-state index is 14.1. The van der Waals surface area contributed by atoms with Crippen molar-refractivity contribution in [3.8, 4) is 11.4 Å². The molecule has 1 atom stereocenters. The van der Waals surface area contributed by atoms with Gasteiger partial charge in [0.15, 0.2) is 0 Å². The van der Waals surface area contributed by atoms with Gasteiger partial charge in [0.2, 0.25) is 0 Å². The normalized spacial score (nSPS) is 18.0. The van der Waals surface area contributed by atoms with Crippen LogP contribution in [0.4, 0.5) is 4.39 Å². The average Bonchev–Trinajstić information content (AvgIpc) is 3.18. The van der Waals surface area contributed by atoms with Gasteiger partial charge in [-0.05, 0) is 35.4 Å². The zero-order chi connectivity index (χ0) is 19.0. The Bertz CT molecular complexity index is 1150. The Morgan fingerprint density at radius 3 is 2.50 bits per heavy atom. The quantitative estimate of drug-likeness (QED) is 0.543. The first-order valence-electron chi connectivity index (χ1n) is 9.26. The van der Waals surface area contributed by atoms with E-state index in [1.54, 1.807) is 18.3 Å². The number of nitrogens with one attached hydrogen (secondary N) is 1. The Hall–Kier alpha value is -3.53. The van der Waals surface area contributed by atoms with Gasteiger partial charge < -0.3 is 0 Å². The molecule has 5 rings (SSSR count). The molecular formula is C24H18FN3. The molecule has 4 aromatic rings. The van der Waals surface area contributed by atoms with E-state index < -0.39 is 5.41 Å². The molecule has 2 aromatic heterocycles. The smallest absolute Gasteiger partial charge is 0.123 e. The van der Waals surface area contributed by atoms with Crippen LogP contribution >= 0.6 is 0 Å². The summed E-state index contributed by atoms with van der Waals surface area (Å²) in [5.74, 6) is -0.231. The first-order valence-corrected chi connectivity index (χ1v) is 9.26. The average molecular weight is 367 g/mol. The molecule has 0 saturated heterocycles. The molecule has 0 spiro atoms. The molecule has 0 bridgehead atoms. The highest BCUT2D eigenvalue weighted by Crippen LogP contribution is 2.42. The van der Waals surface area contributed by atoms with Gasteiger partial charge in [-0.15, -0.1) is 0 Å². The van der Waals surface area contributed by atoms with Gasteiger partial charge in [-0.2, -0.15) is 5.10 Å². The number of allylic oxidation sites excluding steroid dienone is 1. The zero-order valence-electron chi connectivity index (χ0n) is 15.1. The van der Waals surface area contributed by atoms with E-state index in [4.69, 9.17) is 0 Å². The predicted octanol–water partition coefficient (Wildman–Crippen LogP) is 5.17. The summed E-state index contributed by atoms with van der Waals surface area (Å²) in [5.41, 5.74) is 5.34. The minimum atomic E-state index is -0.454. The van der Waals surface area contributed by atoms with Crippen molar-refractivity contribution in [3.05, 3.63) is 113 Å². The predicted molar refractivity (Wildman–Crippen MR) is 108 cm³/mol. The van der Waals surface area contributed by atoms with Crippen LogP contribution in [0, 0.1) is 5.82 Å². The summed E-state index contributed by atoms with van der Waals surface area (Å²) in [5, 5.41) is 7.72. The van der Waals surface area contributed by atoms with Crippen molar-refractivity contribution >= 4 is 6.08 Å². The standard InChI is InChI=1S/C24H18FN3/c25-19-10-6-9-18(15-19)24(17-7-2-1-3-8-17)13-12-20-22(16-24)27-28-23(20)21-11-4-5-14-26-21/h1-15H,16H2,(H,27,28). The molecule has 1 unspecified atom stereocenters. The molecular weight excluding hydrogens is 349 g/mol. The Kier molecular flexibility index (Phi) is 3.90. The lowest BCUT2D eigenvalue weighted by Crippen LogP contribution is -2.30. The summed E-state index contributed by atoms with van der Waals surface area (Å²) in [7, 11) is 0. The van der Waals surface area contributed by atoms with Crippen LogP contribution in [-0.4, -0.2) is 15.2 Å². The molecule has 0 fully saturated rings. The van der Waals surface area contributed by atoms with Crippen molar-refractivity contribution in [2.75, 3.05) is 0 Å². The van der Waals surface area contributed by atoms with Gasteiger partial charge in [0, 0.05) is 29.3 Å². The SMILES string of the molecule is Fc1cccc(C2(c3ccccc3)C=Cc3c(-c4ccccn4)n[nH]c3C2)c1. The highest BCUT2D eigenvalue weighted by Gasteiger charge is 2.36.